The van der Waals surface area contributed by atoms with E-state index in [0.717, 1.165) is 25.7 Å². The fourth-order valence-electron chi connectivity index (χ4n) is 2.34. The third kappa shape index (κ3) is 4.11. The average molecular weight is 233 g/mol. The van der Waals surface area contributed by atoms with Crippen LogP contribution in [0.1, 0.15) is 39.5 Å². The summed E-state index contributed by atoms with van der Waals surface area (Å²) >= 11 is 0. The largest absolute Gasteiger partial charge is 0.327 e. The molecule has 1 fully saturated rings. The molecule has 4 heteroatoms. The van der Waals surface area contributed by atoms with Gasteiger partial charge in [-0.15, -0.1) is 0 Å². The average Bonchev–Trinajstić information content (AvgIpc) is 2.46. The van der Waals surface area contributed by atoms with Crippen LogP contribution in [0, 0.1) is 11.8 Å². The molecule has 3 nitrogen and oxygen atoms in total. The third-order valence-electron chi connectivity index (χ3n) is 3.41. The van der Waals surface area contributed by atoms with Gasteiger partial charge in [0, 0.05) is 6.04 Å². The van der Waals surface area contributed by atoms with Crippen molar-refractivity contribution in [3.63, 3.8) is 0 Å². The molecule has 0 radical (unpaired) electrons. The van der Waals surface area contributed by atoms with Gasteiger partial charge in [0.15, 0.2) is 9.84 Å². The molecule has 1 rings (SSSR count). The Labute approximate surface area is 93.3 Å². The Balaban J connectivity index is 2.36. The van der Waals surface area contributed by atoms with Crippen molar-refractivity contribution in [2.45, 2.75) is 45.6 Å². The molecular weight excluding hydrogens is 210 g/mol. The summed E-state index contributed by atoms with van der Waals surface area (Å²) in [6.45, 7) is 4.32. The van der Waals surface area contributed by atoms with Crippen LogP contribution in [0.3, 0.4) is 0 Å². The predicted octanol–water partition coefficient (Wildman–Crippen LogP) is 1.57. The maximum Gasteiger partial charge on any atom is 0.150 e. The predicted molar refractivity (Wildman–Crippen MR) is 63.4 cm³/mol. The number of rotatable bonds is 5. The van der Waals surface area contributed by atoms with Crippen molar-refractivity contribution in [2.75, 3.05) is 11.5 Å². The smallest absolute Gasteiger partial charge is 0.150 e. The Kier molecular flexibility index (Phi) is 4.59. The highest BCUT2D eigenvalue weighted by Crippen LogP contribution is 2.25. The summed E-state index contributed by atoms with van der Waals surface area (Å²) in [6, 6.07) is 0.170. The van der Waals surface area contributed by atoms with E-state index in [0.29, 0.717) is 23.3 Å². The van der Waals surface area contributed by atoms with Gasteiger partial charge >= 0.3 is 0 Å². The maximum atomic E-state index is 11.3. The molecule has 0 bridgehead atoms. The minimum atomic E-state index is -2.73. The molecule has 0 aliphatic carbocycles. The standard InChI is InChI=1S/C11H23NO2S/c1-3-4-9(2)11(12)7-10-5-6-15(13,14)8-10/h9-11H,3-8,12H2,1-2H3. The minimum Gasteiger partial charge on any atom is -0.327 e. The first-order valence-electron chi connectivity index (χ1n) is 5.90. The highest BCUT2D eigenvalue weighted by molar-refractivity contribution is 7.91. The lowest BCUT2D eigenvalue weighted by Crippen LogP contribution is -2.31. The monoisotopic (exact) mass is 233 g/mol. The highest BCUT2D eigenvalue weighted by Gasteiger charge is 2.29. The van der Waals surface area contributed by atoms with Gasteiger partial charge in [0.2, 0.25) is 0 Å². The lowest BCUT2D eigenvalue weighted by Gasteiger charge is -2.21. The van der Waals surface area contributed by atoms with Crippen LogP contribution in [0.4, 0.5) is 0 Å². The summed E-state index contributed by atoms with van der Waals surface area (Å²) in [5.41, 5.74) is 6.08. The van der Waals surface area contributed by atoms with E-state index in [2.05, 4.69) is 13.8 Å². The van der Waals surface area contributed by atoms with E-state index in [1.54, 1.807) is 0 Å². The first-order valence-corrected chi connectivity index (χ1v) is 7.72. The summed E-state index contributed by atoms with van der Waals surface area (Å²) in [7, 11) is -2.73. The molecule has 2 N–H and O–H groups in total. The first kappa shape index (κ1) is 13.0. The van der Waals surface area contributed by atoms with Crippen LogP contribution in [0.5, 0.6) is 0 Å². The Morgan fingerprint density at radius 3 is 2.60 bits per heavy atom. The van der Waals surface area contributed by atoms with Gasteiger partial charge in [-0.1, -0.05) is 20.3 Å². The number of hydrogen-bond donors (Lipinski definition) is 1. The number of nitrogens with two attached hydrogens (primary N) is 1. The molecular formula is C11H23NO2S. The van der Waals surface area contributed by atoms with E-state index in [1.165, 1.54) is 0 Å². The summed E-state index contributed by atoms with van der Waals surface area (Å²) < 4.78 is 22.6. The van der Waals surface area contributed by atoms with Crippen molar-refractivity contribution >= 4 is 9.84 Å². The molecule has 1 heterocycles. The molecule has 1 saturated heterocycles. The summed E-state index contributed by atoms with van der Waals surface area (Å²) in [6.07, 6.45) is 3.98. The number of sulfone groups is 1. The van der Waals surface area contributed by atoms with Crippen molar-refractivity contribution < 1.29 is 8.42 Å². The van der Waals surface area contributed by atoms with Gasteiger partial charge in [0.25, 0.3) is 0 Å². The third-order valence-corrected chi connectivity index (χ3v) is 5.24. The molecule has 15 heavy (non-hydrogen) atoms. The molecule has 0 aromatic carbocycles. The summed E-state index contributed by atoms with van der Waals surface area (Å²) in [5.74, 6) is 1.55. The molecule has 3 unspecified atom stereocenters. The van der Waals surface area contributed by atoms with Gasteiger partial charge in [-0.3, -0.25) is 0 Å². The fourth-order valence-corrected chi connectivity index (χ4v) is 4.22. The molecule has 0 amide bonds. The normalized spacial score (nSPS) is 28.9. The van der Waals surface area contributed by atoms with E-state index in [9.17, 15) is 8.42 Å². The van der Waals surface area contributed by atoms with E-state index in [-0.39, 0.29) is 6.04 Å². The van der Waals surface area contributed by atoms with Gasteiger partial charge in [-0.25, -0.2) is 8.42 Å². The Bertz CT molecular complexity index is 287. The Hall–Kier alpha value is -0.0900. The first-order chi connectivity index (χ1) is 6.94. The van der Waals surface area contributed by atoms with Crippen LogP contribution in [0.25, 0.3) is 0 Å². The van der Waals surface area contributed by atoms with E-state index in [1.807, 2.05) is 0 Å². The zero-order valence-electron chi connectivity index (χ0n) is 9.78. The second kappa shape index (κ2) is 5.30. The van der Waals surface area contributed by atoms with Crippen LogP contribution >= 0.6 is 0 Å². The Morgan fingerprint density at radius 2 is 2.13 bits per heavy atom. The molecule has 0 spiro atoms. The summed E-state index contributed by atoms with van der Waals surface area (Å²) in [5, 5.41) is 0. The van der Waals surface area contributed by atoms with Crippen molar-refractivity contribution in [3.05, 3.63) is 0 Å². The molecule has 0 aromatic rings. The van der Waals surface area contributed by atoms with Crippen molar-refractivity contribution in [1.29, 1.82) is 0 Å². The lowest BCUT2D eigenvalue weighted by molar-refractivity contribution is 0.356. The highest BCUT2D eigenvalue weighted by atomic mass is 32.2. The fraction of sp³-hybridized carbons (Fsp3) is 1.00. The van der Waals surface area contributed by atoms with Crippen LogP contribution in [0.2, 0.25) is 0 Å². The maximum absolute atomic E-state index is 11.3. The van der Waals surface area contributed by atoms with Gasteiger partial charge < -0.3 is 5.73 Å². The molecule has 1 aliphatic heterocycles. The van der Waals surface area contributed by atoms with Gasteiger partial charge in [-0.2, -0.15) is 0 Å². The molecule has 90 valence electrons. The topological polar surface area (TPSA) is 60.2 Å². The van der Waals surface area contributed by atoms with Gasteiger partial charge in [0.05, 0.1) is 11.5 Å². The molecule has 0 saturated carbocycles. The number of hydrogen-bond acceptors (Lipinski definition) is 3. The zero-order chi connectivity index (χ0) is 11.5. The van der Waals surface area contributed by atoms with Crippen LogP contribution in [-0.2, 0) is 9.84 Å². The van der Waals surface area contributed by atoms with E-state index >= 15 is 0 Å². The molecule has 0 aromatic heterocycles. The summed E-state index contributed by atoms with van der Waals surface area (Å²) in [4.78, 5) is 0. The Morgan fingerprint density at radius 1 is 1.47 bits per heavy atom. The van der Waals surface area contributed by atoms with Gasteiger partial charge in [0.1, 0.15) is 0 Å². The minimum absolute atomic E-state index is 0.170. The lowest BCUT2D eigenvalue weighted by atomic mass is 9.89. The van der Waals surface area contributed by atoms with Crippen molar-refractivity contribution in [2.24, 2.45) is 17.6 Å². The van der Waals surface area contributed by atoms with Crippen molar-refractivity contribution in [3.8, 4) is 0 Å². The van der Waals surface area contributed by atoms with Crippen molar-refractivity contribution in [1.82, 2.24) is 0 Å². The van der Waals surface area contributed by atoms with E-state index < -0.39 is 9.84 Å². The quantitative estimate of drug-likeness (QED) is 0.784. The molecule has 1 aliphatic rings. The second-order valence-electron chi connectivity index (χ2n) is 4.93. The van der Waals surface area contributed by atoms with Gasteiger partial charge in [-0.05, 0) is 31.1 Å². The van der Waals surface area contributed by atoms with Crippen LogP contribution < -0.4 is 5.73 Å². The second-order valence-corrected chi connectivity index (χ2v) is 7.16. The van der Waals surface area contributed by atoms with Crippen LogP contribution in [0.15, 0.2) is 0 Å². The molecule has 3 atom stereocenters. The zero-order valence-corrected chi connectivity index (χ0v) is 10.6. The SMILES string of the molecule is CCCC(C)C(N)CC1CCS(=O)(=O)C1. The van der Waals surface area contributed by atoms with Crippen LogP contribution in [-0.4, -0.2) is 26.0 Å². The van der Waals surface area contributed by atoms with E-state index in [4.69, 9.17) is 5.73 Å².